The molecule has 0 aromatic heterocycles. The van der Waals surface area contributed by atoms with E-state index in [4.69, 9.17) is 42.6 Å². The largest absolute Gasteiger partial charge is 0.382 e. The molecule has 0 bridgehead atoms. The zero-order valence-electron chi connectivity index (χ0n) is 36.1. The fraction of sp³-hybridized carbons (Fsp3) is 0.927. The van der Waals surface area contributed by atoms with Crippen LogP contribution in [0.15, 0.2) is 0 Å². The van der Waals surface area contributed by atoms with Gasteiger partial charge in [0.15, 0.2) is 12.6 Å². The van der Waals surface area contributed by atoms with Crippen LogP contribution in [0.5, 0.6) is 0 Å². The summed E-state index contributed by atoms with van der Waals surface area (Å²) in [4.78, 5) is 39.0. The fourth-order valence-corrected chi connectivity index (χ4v) is 7.63. The molecule has 0 spiro atoms. The molecule has 0 saturated carbocycles. The molecule has 0 aromatic rings. The topological polar surface area (TPSA) is 170 Å². The summed E-state index contributed by atoms with van der Waals surface area (Å²) in [6.45, 7) is 9.12. The third kappa shape index (κ3) is 16.7. The highest BCUT2D eigenvalue weighted by molar-refractivity contribution is 5.89. The number of hydrogen-bond donors (Lipinski definition) is 3. The molecule has 2 aliphatic heterocycles. The molecule has 4 unspecified atom stereocenters. The number of carbonyl (C=O) groups is 3. The Kier molecular flexibility index (Phi) is 25.5. The number of carbonyl (C=O) groups excluding carboxylic acids is 3. The first-order chi connectivity index (χ1) is 27.0. The van der Waals surface area contributed by atoms with Crippen molar-refractivity contribution in [3.8, 4) is 0 Å². The molecule has 2 saturated heterocycles. The number of amides is 3. The molecule has 2 aliphatic rings. The van der Waals surface area contributed by atoms with Crippen LogP contribution in [-0.2, 0) is 57.0 Å². The Balaban J connectivity index is 1.91. The van der Waals surface area contributed by atoms with Gasteiger partial charge >= 0.3 is 0 Å². The van der Waals surface area contributed by atoms with E-state index in [-0.39, 0.29) is 55.6 Å². The third-order valence-electron chi connectivity index (χ3n) is 10.8. The predicted octanol–water partition coefficient (Wildman–Crippen LogP) is 4.27. The zero-order valence-corrected chi connectivity index (χ0v) is 36.1. The van der Waals surface area contributed by atoms with E-state index < -0.39 is 61.3 Å². The summed E-state index contributed by atoms with van der Waals surface area (Å²) in [6, 6.07) is -0.655. The van der Waals surface area contributed by atoms with Crippen molar-refractivity contribution >= 4 is 17.7 Å². The SMILES string of the molecule is CCCCCCCCCCCCNC(=O)[C@H](CC(C)C)NC(=O)CCC(=O)NCC1O[C@@H](O[C@H]2C(COC)O[C@@H](OC)C(OC)[C@H]2OC)C(OC)[C@@H](OC)[C@H]1C. The van der Waals surface area contributed by atoms with Crippen LogP contribution in [0.4, 0.5) is 0 Å². The van der Waals surface area contributed by atoms with Gasteiger partial charge < -0.3 is 58.6 Å². The van der Waals surface area contributed by atoms with Crippen LogP contribution in [-0.4, -0.2) is 141 Å². The highest BCUT2D eigenvalue weighted by Gasteiger charge is 2.52. The Hall–Kier alpha value is -1.95. The number of nitrogens with one attached hydrogen (secondary N) is 3. The molecular weight excluding hydrogens is 726 g/mol. The molecule has 0 aromatic carbocycles. The third-order valence-corrected chi connectivity index (χ3v) is 10.8. The van der Waals surface area contributed by atoms with Gasteiger partial charge in [-0.25, -0.2) is 0 Å². The zero-order chi connectivity index (χ0) is 41.5. The van der Waals surface area contributed by atoms with Gasteiger partial charge in [-0.05, 0) is 18.8 Å². The van der Waals surface area contributed by atoms with Crippen LogP contribution in [0.3, 0.4) is 0 Å². The Morgan fingerprint density at radius 2 is 1.18 bits per heavy atom. The van der Waals surface area contributed by atoms with Crippen LogP contribution < -0.4 is 16.0 Å². The monoisotopic (exact) mass is 804 g/mol. The Labute approximate surface area is 336 Å². The van der Waals surface area contributed by atoms with E-state index >= 15 is 0 Å². The molecule has 3 N–H and O–H groups in total. The molecule has 15 heteroatoms. The van der Waals surface area contributed by atoms with Crippen molar-refractivity contribution < 1.29 is 57.0 Å². The smallest absolute Gasteiger partial charge is 0.242 e. The molecule has 11 atom stereocenters. The number of rotatable bonds is 29. The van der Waals surface area contributed by atoms with Gasteiger partial charge in [0.05, 0.1) is 18.8 Å². The van der Waals surface area contributed by atoms with E-state index in [0.29, 0.717) is 13.0 Å². The van der Waals surface area contributed by atoms with Gasteiger partial charge in [0.2, 0.25) is 17.7 Å². The Bertz CT molecular complexity index is 1090. The minimum Gasteiger partial charge on any atom is -0.382 e. The van der Waals surface area contributed by atoms with Gasteiger partial charge in [-0.3, -0.25) is 14.4 Å². The van der Waals surface area contributed by atoms with E-state index in [9.17, 15) is 14.4 Å². The van der Waals surface area contributed by atoms with Crippen molar-refractivity contribution in [2.45, 2.75) is 173 Å². The molecule has 2 fully saturated rings. The first kappa shape index (κ1) is 50.2. The number of unbranched alkanes of at least 4 members (excludes halogenated alkanes) is 9. The van der Waals surface area contributed by atoms with Crippen molar-refractivity contribution in [1.82, 2.24) is 16.0 Å². The first-order valence-corrected chi connectivity index (χ1v) is 20.9. The molecule has 0 aliphatic carbocycles. The number of ether oxygens (including phenoxy) is 9. The van der Waals surface area contributed by atoms with Crippen molar-refractivity contribution in [2.24, 2.45) is 11.8 Å². The van der Waals surface area contributed by atoms with Gasteiger partial charge in [0.1, 0.15) is 36.6 Å². The molecule has 0 radical (unpaired) electrons. The molecule has 15 nitrogen and oxygen atoms in total. The van der Waals surface area contributed by atoms with Crippen LogP contribution in [0.25, 0.3) is 0 Å². The highest BCUT2D eigenvalue weighted by Crippen LogP contribution is 2.35. The maximum atomic E-state index is 13.0. The van der Waals surface area contributed by atoms with Crippen molar-refractivity contribution in [1.29, 1.82) is 0 Å². The first-order valence-electron chi connectivity index (χ1n) is 20.9. The molecular formula is C41H77N3O12. The lowest BCUT2D eigenvalue weighted by atomic mass is 9.89. The van der Waals surface area contributed by atoms with Gasteiger partial charge in [-0.15, -0.1) is 0 Å². The van der Waals surface area contributed by atoms with Crippen molar-refractivity contribution in [3.05, 3.63) is 0 Å². The van der Waals surface area contributed by atoms with E-state index in [1.165, 1.54) is 58.5 Å². The summed E-state index contributed by atoms with van der Waals surface area (Å²) in [6.07, 6.45) is 6.84. The van der Waals surface area contributed by atoms with Crippen molar-refractivity contribution in [2.75, 3.05) is 62.4 Å². The number of methoxy groups -OCH3 is 6. The maximum absolute atomic E-state index is 13.0. The van der Waals surface area contributed by atoms with Gasteiger partial charge in [-0.1, -0.05) is 85.5 Å². The molecule has 2 heterocycles. The lowest BCUT2D eigenvalue weighted by Gasteiger charge is -2.49. The standard InChI is InChI=1S/C41H77N3O12/c1-11-12-13-14-15-16-17-18-19-20-23-42-39(47)29(24-27(2)3)44-33(46)22-21-32(45)43-25-30-28(4)34(49-6)37(51-8)41(54-30)56-35-31(26-48-5)55-40(53-10)38(52-9)36(35)50-7/h27-31,34-38,40-41H,11-26H2,1-10H3,(H,42,47)(H,43,45)(H,44,46)/t28-,29-,30?,31?,34-,35-,36-,37?,38?,40+,41-/m0/s1. The number of hydrogen-bond acceptors (Lipinski definition) is 12. The summed E-state index contributed by atoms with van der Waals surface area (Å²) < 4.78 is 53.4. The fourth-order valence-electron chi connectivity index (χ4n) is 7.63. The molecule has 3 amide bonds. The average molecular weight is 804 g/mol. The van der Waals surface area contributed by atoms with Gasteiger partial charge in [0, 0.05) is 74.5 Å². The Morgan fingerprint density at radius 3 is 1.73 bits per heavy atom. The average Bonchev–Trinajstić information content (AvgIpc) is 3.18. The summed E-state index contributed by atoms with van der Waals surface area (Å²) in [7, 11) is 9.34. The molecule has 328 valence electrons. The second-order valence-corrected chi connectivity index (χ2v) is 15.6. The molecule has 56 heavy (non-hydrogen) atoms. The minimum atomic E-state index is -0.940. The molecule has 2 rings (SSSR count). The van der Waals surface area contributed by atoms with Crippen LogP contribution in [0, 0.1) is 11.8 Å². The Morgan fingerprint density at radius 1 is 0.625 bits per heavy atom. The van der Waals surface area contributed by atoms with Gasteiger partial charge in [-0.2, -0.15) is 0 Å². The second kappa shape index (κ2) is 28.5. The summed E-state index contributed by atoms with van der Waals surface area (Å²) >= 11 is 0. The predicted molar refractivity (Wildman–Crippen MR) is 212 cm³/mol. The van der Waals surface area contributed by atoms with E-state index in [0.717, 1.165) is 12.8 Å². The van der Waals surface area contributed by atoms with Gasteiger partial charge in [0.25, 0.3) is 0 Å². The van der Waals surface area contributed by atoms with Crippen LogP contribution in [0.2, 0.25) is 0 Å². The second-order valence-electron chi connectivity index (χ2n) is 15.6. The van der Waals surface area contributed by atoms with E-state index in [1.807, 2.05) is 20.8 Å². The summed E-state index contributed by atoms with van der Waals surface area (Å²) in [5, 5.41) is 8.78. The van der Waals surface area contributed by atoms with Crippen molar-refractivity contribution in [3.63, 3.8) is 0 Å². The van der Waals surface area contributed by atoms with Crippen LogP contribution in [0.1, 0.15) is 111 Å². The summed E-state index contributed by atoms with van der Waals surface area (Å²) in [5.41, 5.74) is 0. The lowest BCUT2D eigenvalue weighted by molar-refractivity contribution is -0.358. The maximum Gasteiger partial charge on any atom is 0.242 e. The minimum absolute atomic E-state index is 0.0530. The van der Waals surface area contributed by atoms with E-state index in [2.05, 4.69) is 22.9 Å². The lowest BCUT2D eigenvalue weighted by Crippen LogP contribution is -2.65. The summed E-state index contributed by atoms with van der Waals surface area (Å²) in [5.74, 6) is -0.863. The normalized spacial score (nSPS) is 28.6. The quantitative estimate of drug-likeness (QED) is 0.0920. The van der Waals surface area contributed by atoms with Crippen LogP contribution >= 0.6 is 0 Å². The van der Waals surface area contributed by atoms with E-state index in [1.54, 1.807) is 35.5 Å². The highest BCUT2D eigenvalue weighted by atomic mass is 16.8.